The van der Waals surface area contributed by atoms with E-state index in [9.17, 15) is 5.11 Å². The second-order valence-electron chi connectivity index (χ2n) is 8.53. The molecule has 1 aromatic heterocycles. The van der Waals surface area contributed by atoms with Gasteiger partial charge in [0.2, 0.25) is 0 Å². The molecule has 1 unspecified atom stereocenters. The van der Waals surface area contributed by atoms with Gasteiger partial charge >= 0.3 is 0 Å². The Balaban J connectivity index is 1.21. The highest BCUT2D eigenvalue weighted by atomic mass is 16.5. The van der Waals surface area contributed by atoms with Gasteiger partial charge in [-0.3, -0.25) is 14.5 Å². The number of benzene rings is 1. The number of aliphatic hydroxyl groups is 1. The van der Waals surface area contributed by atoms with Crippen LogP contribution < -0.4 is 4.74 Å². The van der Waals surface area contributed by atoms with Crippen LogP contribution in [0.4, 0.5) is 0 Å². The predicted octanol–water partition coefficient (Wildman–Crippen LogP) is 1.15. The summed E-state index contributed by atoms with van der Waals surface area (Å²) >= 11 is 0. The minimum absolute atomic E-state index is 0.578. The summed E-state index contributed by atoms with van der Waals surface area (Å²) in [5.41, 5.74) is 0.680. The van der Waals surface area contributed by atoms with Crippen LogP contribution in [0.1, 0.15) is 12.0 Å². The fourth-order valence-electron chi connectivity index (χ4n) is 4.27. The maximum Gasteiger partial charge on any atom is 0.119 e. The van der Waals surface area contributed by atoms with E-state index in [2.05, 4.69) is 39.0 Å². The Kier molecular flexibility index (Phi) is 6.50. The molecular formula is C22H33N5O2. The molecule has 2 aromatic rings. The summed E-state index contributed by atoms with van der Waals surface area (Å²) in [7, 11) is 2.17. The van der Waals surface area contributed by atoms with Crippen molar-refractivity contribution in [3.05, 3.63) is 48.3 Å². The lowest BCUT2D eigenvalue weighted by Crippen LogP contribution is -2.51. The first kappa shape index (κ1) is 20.3. The van der Waals surface area contributed by atoms with Crippen LogP contribution in [0.15, 0.2) is 42.7 Å². The van der Waals surface area contributed by atoms with Gasteiger partial charge in [-0.1, -0.05) is 12.1 Å². The molecule has 2 aliphatic rings. The first-order valence-electron chi connectivity index (χ1n) is 10.6. The van der Waals surface area contributed by atoms with Crippen molar-refractivity contribution in [2.75, 3.05) is 59.5 Å². The van der Waals surface area contributed by atoms with Gasteiger partial charge in [-0.05, 0) is 37.2 Å². The molecule has 0 aliphatic carbocycles. The molecule has 0 radical (unpaired) electrons. The largest absolute Gasteiger partial charge is 0.492 e. The standard InChI is InChI=1S/C22H33N5O2/c1-24-11-13-25(14-12-24)18-22(28)7-10-26(19-22)17-20-3-5-21(6-4-20)29-16-15-27-9-2-8-23-27/h2-6,8-9,28H,7,10-19H2,1H3. The number of piperazine rings is 1. The van der Waals surface area contributed by atoms with Crippen molar-refractivity contribution in [2.24, 2.45) is 0 Å². The number of ether oxygens (including phenoxy) is 1. The minimum atomic E-state index is -0.578. The molecule has 2 saturated heterocycles. The zero-order valence-corrected chi connectivity index (χ0v) is 17.4. The van der Waals surface area contributed by atoms with Gasteiger partial charge in [-0.15, -0.1) is 0 Å². The van der Waals surface area contributed by atoms with E-state index in [1.807, 2.05) is 29.1 Å². The van der Waals surface area contributed by atoms with E-state index in [4.69, 9.17) is 4.74 Å². The van der Waals surface area contributed by atoms with Crippen molar-refractivity contribution in [1.82, 2.24) is 24.5 Å². The normalized spacial score (nSPS) is 24.2. The summed E-state index contributed by atoms with van der Waals surface area (Å²) in [5.74, 6) is 0.883. The van der Waals surface area contributed by atoms with Crippen molar-refractivity contribution in [2.45, 2.75) is 25.1 Å². The highest BCUT2D eigenvalue weighted by Crippen LogP contribution is 2.25. The van der Waals surface area contributed by atoms with Crippen molar-refractivity contribution in [3.63, 3.8) is 0 Å². The number of hydrogen-bond donors (Lipinski definition) is 1. The third kappa shape index (κ3) is 5.79. The lowest BCUT2D eigenvalue weighted by atomic mass is 10.0. The molecular weight excluding hydrogens is 366 g/mol. The molecule has 7 heteroatoms. The number of nitrogens with zero attached hydrogens (tertiary/aromatic N) is 5. The number of aromatic nitrogens is 2. The second kappa shape index (κ2) is 9.26. The molecule has 0 spiro atoms. The molecule has 0 bridgehead atoms. The maximum absolute atomic E-state index is 11.1. The molecule has 4 rings (SSSR count). The van der Waals surface area contributed by atoms with Crippen LogP contribution in [0, 0.1) is 0 Å². The van der Waals surface area contributed by atoms with Gasteiger partial charge in [0.15, 0.2) is 0 Å². The van der Waals surface area contributed by atoms with E-state index in [0.717, 1.165) is 71.1 Å². The smallest absolute Gasteiger partial charge is 0.119 e. The Morgan fingerprint density at radius 2 is 1.86 bits per heavy atom. The summed E-state index contributed by atoms with van der Waals surface area (Å²) in [6.45, 7) is 9.02. The number of β-amino-alcohol motifs (C(OH)–C–C–N with tert-alkyl or cyclic N) is 1. The number of hydrogen-bond acceptors (Lipinski definition) is 6. The topological polar surface area (TPSA) is 57.0 Å². The quantitative estimate of drug-likeness (QED) is 0.719. The van der Waals surface area contributed by atoms with Gasteiger partial charge in [-0.2, -0.15) is 5.10 Å². The van der Waals surface area contributed by atoms with Gasteiger partial charge < -0.3 is 14.7 Å². The summed E-state index contributed by atoms with van der Waals surface area (Å²) < 4.78 is 7.67. The number of likely N-dealkylation sites (tertiary alicyclic amines) is 1. The van der Waals surface area contributed by atoms with E-state index in [0.29, 0.717) is 6.61 Å². The Morgan fingerprint density at radius 3 is 2.59 bits per heavy atom. The van der Waals surface area contributed by atoms with Gasteiger partial charge in [0.25, 0.3) is 0 Å². The van der Waals surface area contributed by atoms with Gasteiger partial charge in [-0.25, -0.2) is 0 Å². The van der Waals surface area contributed by atoms with Gasteiger partial charge in [0, 0.05) is 64.8 Å². The van der Waals surface area contributed by atoms with E-state index >= 15 is 0 Å². The third-order valence-electron chi connectivity index (χ3n) is 6.00. The SMILES string of the molecule is CN1CCN(CC2(O)CCN(Cc3ccc(OCCn4cccn4)cc3)C2)CC1. The molecule has 2 aliphatic heterocycles. The van der Waals surface area contributed by atoms with Crippen molar-refractivity contribution in [3.8, 4) is 5.75 Å². The van der Waals surface area contributed by atoms with Crippen LogP contribution in [-0.2, 0) is 13.1 Å². The van der Waals surface area contributed by atoms with E-state index in [1.165, 1.54) is 5.56 Å². The molecule has 3 heterocycles. The molecule has 1 aromatic carbocycles. The Bertz CT molecular complexity index is 743. The van der Waals surface area contributed by atoms with Gasteiger partial charge in [0.05, 0.1) is 12.1 Å². The molecule has 0 amide bonds. The van der Waals surface area contributed by atoms with Crippen molar-refractivity contribution < 1.29 is 9.84 Å². The maximum atomic E-state index is 11.1. The first-order valence-corrected chi connectivity index (χ1v) is 10.6. The van der Waals surface area contributed by atoms with Crippen LogP contribution in [-0.4, -0.2) is 94.7 Å². The minimum Gasteiger partial charge on any atom is -0.492 e. The number of rotatable bonds is 8. The average Bonchev–Trinajstić information content (AvgIpc) is 3.35. The van der Waals surface area contributed by atoms with E-state index in [-0.39, 0.29) is 0 Å². The zero-order valence-electron chi connectivity index (χ0n) is 17.4. The van der Waals surface area contributed by atoms with Crippen LogP contribution in [0.5, 0.6) is 5.75 Å². The summed E-state index contributed by atoms with van der Waals surface area (Å²) in [5, 5.41) is 15.2. The zero-order chi connectivity index (χ0) is 20.1. The highest BCUT2D eigenvalue weighted by Gasteiger charge is 2.37. The van der Waals surface area contributed by atoms with Crippen LogP contribution >= 0.6 is 0 Å². The monoisotopic (exact) mass is 399 g/mol. The lowest BCUT2D eigenvalue weighted by molar-refractivity contribution is -0.000370. The van der Waals surface area contributed by atoms with Crippen molar-refractivity contribution >= 4 is 0 Å². The Morgan fingerprint density at radius 1 is 1.07 bits per heavy atom. The van der Waals surface area contributed by atoms with E-state index in [1.54, 1.807) is 6.20 Å². The molecule has 1 atom stereocenters. The molecule has 0 saturated carbocycles. The van der Waals surface area contributed by atoms with E-state index < -0.39 is 5.60 Å². The first-order chi connectivity index (χ1) is 14.1. The fraction of sp³-hybridized carbons (Fsp3) is 0.591. The molecule has 158 valence electrons. The summed E-state index contributed by atoms with van der Waals surface area (Å²) in [4.78, 5) is 7.13. The van der Waals surface area contributed by atoms with Crippen LogP contribution in [0.2, 0.25) is 0 Å². The highest BCUT2D eigenvalue weighted by molar-refractivity contribution is 5.27. The second-order valence-corrected chi connectivity index (χ2v) is 8.53. The fourth-order valence-corrected chi connectivity index (χ4v) is 4.27. The molecule has 29 heavy (non-hydrogen) atoms. The van der Waals surface area contributed by atoms with Crippen molar-refractivity contribution in [1.29, 1.82) is 0 Å². The third-order valence-corrected chi connectivity index (χ3v) is 6.00. The van der Waals surface area contributed by atoms with Crippen LogP contribution in [0.3, 0.4) is 0 Å². The van der Waals surface area contributed by atoms with Crippen LogP contribution in [0.25, 0.3) is 0 Å². The van der Waals surface area contributed by atoms with Gasteiger partial charge in [0.1, 0.15) is 12.4 Å². The molecule has 7 nitrogen and oxygen atoms in total. The Labute approximate surface area is 173 Å². The predicted molar refractivity (Wildman–Crippen MR) is 113 cm³/mol. The lowest BCUT2D eigenvalue weighted by Gasteiger charge is -2.36. The molecule has 1 N–H and O–H groups in total. The summed E-state index contributed by atoms with van der Waals surface area (Å²) in [6.07, 6.45) is 4.57. The average molecular weight is 400 g/mol. The number of likely N-dealkylation sites (N-methyl/N-ethyl adjacent to an activating group) is 1. The Hall–Kier alpha value is -1.93. The summed E-state index contributed by atoms with van der Waals surface area (Å²) in [6, 6.07) is 10.2. The molecule has 2 fully saturated rings.